The number of aliphatic carboxylic acids is 1. The molecule has 0 aliphatic carbocycles. The minimum Gasteiger partial charge on any atom is -0.480 e. The zero-order valence-electron chi connectivity index (χ0n) is 7.07. The van der Waals surface area contributed by atoms with E-state index in [9.17, 15) is 4.79 Å². The van der Waals surface area contributed by atoms with Crippen LogP contribution in [-0.2, 0) is 4.79 Å². The number of rotatable bonds is 4. The second-order valence-corrected chi connectivity index (χ2v) is 3.56. The van der Waals surface area contributed by atoms with Crippen molar-refractivity contribution in [3.05, 3.63) is 0 Å². The third kappa shape index (κ3) is 2.38. The Bertz CT molecular complexity index is 163. The fourth-order valence-corrected chi connectivity index (χ4v) is 1.79. The molecule has 0 aromatic heterocycles. The molecule has 1 fully saturated rings. The summed E-state index contributed by atoms with van der Waals surface area (Å²) in [6.45, 7) is 1.81. The van der Waals surface area contributed by atoms with Gasteiger partial charge in [-0.15, -0.1) is 0 Å². The molecule has 0 aromatic carbocycles. The maximum absolute atomic E-state index is 10.7. The van der Waals surface area contributed by atoms with Gasteiger partial charge in [0.2, 0.25) is 0 Å². The average Bonchev–Trinajstić information content (AvgIpc) is 2.48. The normalized spacial score (nSPS) is 24.6. The van der Waals surface area contributed by atoms with Crippen molar-refractivity contribution >= 4 is 18.6 Å². The number of likely N-dealkylation sites (tertiary alicyclic amines) is 1. The molecule has 0 aromatic rings. The van der Waals surface area contributed by atoms with Crippen LogP contribution in [0.5, 0.6) is 0 Å². The summed E-state index contributed by atoms with van der Waals surface area (Å²) in [7, 11) is 0. The Morgan fingerprint density at radius 3 is 3.00 bits per heavy atom. The Morgan fingerprint density at radius 1 is 1.67 bits per heavy atom. The predicted octanol–water partition coefficient (Wildman–Crippen LogP) is 0.855. The third-order valence-electron chi connectivity index (χ3n) is 2.25. The van der Waals surface area contributed by atoms with Crippen LogP contribution in [0.15, 0.2) is 0 Å². The molecule has 1 heterocycles. The minimum absolute atomic E-state index is 0.232. The highest BCUT2D eigenvalue weighted by Gasteiger charge is 2.29. The van der Waals surface area contributed by atoms with Crippen LogP contribution in [-0.4, -0.2) is 40.9 Å². The van der Waals surface area contributed by atoms with Crippen molar-refractivity contribution in [3.8, 4) is 0 Å². The van der Waals surface area contributed by atoms with Crippen LogP contribution in [0.2, 0.25) is 0 Å². The number of carboxylic acid groups (broad SMARTS) is 1. The van der Waals surface area contributed by atoms with Crippen LogP contribution in [0.4, 0.5) is 0 Å². The van der Waals surface area contributed by atoms with Crippen LogP contribution >= 0.6 is 12.6 Å². The number of carboxylic acids is 1. The van der Waals surface area contributed by atoms with Crippen molar-refractivity contribution < 1.29 is 9.90 Å². The molecule has 1 atom stereocenters. The summed E-state index contributed by atoms with van der Waals surface area (Å²) in [5.74, 6) is 0.162. The standard InChI is InChI=1S/C8H15NO2S/c10-8(11)7-3-1-4-9(7)5-2-6-12/h7,12H,1-6H2,(H,10,11)/t7-/m1/s1. The highest BCUT2D eigenvalue weighted by atomic mass is 32.1. The van der Waals surface area contributed by atoms with Gasteiger partial charge in [-0.1, -0.05) is 0 Å². The van der Waals surface area contributed by atoms with Gasteiger partial charge in [0.15, 0.2) is 0 Å². The summed E-state index contributed by atoms with van der Waals surface area (Å²) in [6.07, 6.45) is 2.80. The van der Waals surface area contributed by atoms with Crippen LogP contribution in [0, 0.1) is 0 Å². The summed E-state index contributed by atoms with van der Waals surface area (Å²) in [5.41, 5.74) is 0. The first-order valence-electron chi connectivity index (χ1n) is 4.33. The van der Waals surface area contributed by atoms with Crippen LogP contribution in [0.1, 0.15) is 19.3 Å². The molecule has 4 heteroatoms. The quantitative estimate of drug-likeness (QED) is 0.644. The molecule has 0 amide bonds. The summed E-state index contributed by atoms with van der Waals surface area (Å²) >= 11 is 4.10. The van der Waals surface area contributed by atoms with E-state index in [1.54, 1.807) is 0 Å². The Morgan fingerprint density at radius 2 is 2.42 bits per heavy atom. The van der Waals surface area contributed by atoms with E-state index < -0.39 is 5.97 Å². The smallest absolute Gasteiger partial charge is 0.320 e. The summed E-state index contributed by atoms with van der Waals surface area (Å²) in [4.78, 5) is 12.8. The Hall–Kier alpha value is -0.220. The van der Waals surface area contributed by atoms with Crippen molar-refractivity contribution in [1.82, 2.24) is 4.90 Å². The van der Waals surface area contributed by atoms with Gasteiger partial charge < -0.3 is 5.11 Å². The molecule has 0 radical (unpaired) electrons. The fourth-order valence-electron chi connectivity index (χ4n) is 1.65. The highest BCUT2D eigenvalue weighted by molar-refractivity contribution is 7.80. The minimum atomic E-state index is -0.674. The number of hydrogen-bond acceptors (Lipinski definition) is 3. The van der Waals surface area contributed by atoms with Gasteiger partial charge in [0.25, 0.3) is 0 Å². The Labute approximate surface area is 78.2 Å². The lowest BCUT2D eigenvalue weighted by molar-refractivity contribution is -0.142. The highest BCUT2D eigenvalue weighted by Crippen LogP contribution is 2.17. The van der Waals surface area contributed by atoms with E-state index in [4.69, 9.17) is 5.11 Å². The lowest BCUT2D eigenvalue weighted by atomic mass is 10.2. The van der Waals surface area contributed by atoms with Crippen molar-refractivity contribution in [1.29, 1.82) is 0 Å². The van der Waals surface area contributed by atoms with E-state index in [1.165, 1.54) is 0 Å². The van der Waals surface area contributed by atoms with E-state index in [1.807, 2.05) is 4.90 Å². The van der Waals surface area contributed by atoms with E-state index in [2.05, 4.69) is 12.6 Å². The lowest BCUT2D eigenvalue weighted by Gasteiger charge is -2.19. The molecule has 1 N–H and O–H groups in total. The first kappa shape index (κ1) is 9.86. The molecule has 1 rings (SSSR count). The van der Waals surface area contributed by atoms with Gasteiger partial charge in [-0.2, -0.15) is 12.6 Å². The Balaban J connectivity index is 2.35. The van der Waals surface area contributed by atoms with Gasteiger partial charge in [0, 0.05) is 0 Å². The largest absolute Gasteiger partial charge is 0.480 e. The molecule has 0 unspecified atom stereocenters. The fraction of sp³-hybridized carbons (Fsp3) is 0.875. The van der Waals surface area contributed by atoms with Gasteiger partial charge in [0.05, 0.1) is 0 Å². The third-order valence-corrected chi connectivity index (χ3v) is 2.57. The van der Waals surface area contributed by atoms with Gasteiger partial charge >= 0.3 is 5.97 Å². The molecule has 0 saturated carbocycles. The van der Waals surface area contributed by atoms with Crippen molar-refractivity contribution in [2.75, 3.05) is 18.8 Å². The molecule has 3 nitrogen and oxygen atoms in total. The second kappa shape index (κ2) is 4.72. The van der Waals surface area contributed by atoms with Crippen molar-refractivity contribution in [2.24, 2.45) is 0 Å². The average molecular weight is 189 g/mol. The van der Waals surface area contributed by atoms with Gasteiger partial charge in [-0.05, 0) is 38.1 Å². The number of hydrogen-bond donors (Lipinski definition) is 2. The zero-order valence-corrected chi connectivity index (χ0v) is 7.96. The van der Waals surface area contributed by atoms with E-state index in [-0.39, 0.29) is 6.04 Å². The Kier molecular flexibility index (Phi) is 3.88. The number of thiol groups is 1. The molecule has 1 saturated heterocycles. The van der Waals surface area contributed by atoms with Crippen molar-refractivity contribution in [3.63, 3.8) is 0 Å². The van der Waals surface area contributed by atoms with Gasteiger partial charge in [0.1, 0.15) is 6.04 Å². The zero-order chi connectivity index (χ0) is 8.97. The van der Waals surface area contributed by atoms with Crippen LogP contribution in [0.3, 0.4) is 0 Å². The van der Waals surface area contributed by atoms with Gasteiger partial charge in [-0.3, -0.25) is 9.69 Å². The lowest BCUT2D eigenvalue weighted by Crippen LogP contribution is -2.36. The molecule has 0 spiro atoms. The van der Waals surface area contributed by atoms with E-state index in [0.717, 1.165) is 38.1 Å². The first-order valence-corrected chi connectivity index (χ1v) is 4.96. The van der Waals surface area contributed by atoms with Crippen molar-refractivity contribution in [2.45, 2.75) is 25.3 Å². The topological polar surface area (TPSA) is 40.5 Å². The number of nitrogens with zero attached hydrogens (tertiary/aromatic N) is 1. The SMILES string of the molecule is O=C(O)[C@H]1CCCN1CCCS. The first-order chi connectivity index (χ1) is 5.75. The second-order valence-electron chi connectivity index (χ2n) is 3.11. The summed E-state index contributed by atoms with van der Waals surface area (Å²) in [5, 5.41) is 8.82. The predicted molar refractivity (Wildman–Crippen MR) is 50.7 cm³/mol. The maximum Gasteiger partial charge on any atom is 0.320 e. The van der Waals surface area contributed by atoms with Crippen LogP contribution in [0.25, 0.3) is 0 Å². The molecular weight excluding hydrogens is 174 g/mol. The molecule has 0 bridgehead atoms. The van der Waals surface area contributed by atoms with E-state index in [0.29, 0.717) is 0 Å². The summed E-state index contributed by atoms with van der Waals surface area (Å²) < 4.78 is 0. The molecule has 12 heavy (non-hydrogen) atoms. The molecule has 1 aliphatic rings. The molecular formula is C8H15NO2S. The molecule has 70 valence electrons. The van der Waals surface area contributed by atoms with Crippen LogP contribution < -0.4 is 0 Å². The maximum atomic E-state index is 10.7. The van der Waals surface area contributed by atoms with E-state index >= 15 is 0 Å². The van der Waals surface area contributed by atoms with Gasteiger partial charge in [-0.25, -0.2) is 0 Å². The summed E-state index contributed by atoms with van der Waals surface area (Å²) in [6, 6.07) is -0.232. The molecule has 1 aliphatic heterocycles. The number of carbonyl (C=O) groups is 1. The monoisotopic (exact) mass is 189 g/mol.